The predicted octanol–water partition coefficient (Wildman–Crippen LogP) is 1.53. The summed E-state index contributed by atoms with van der Waals surface area (Å²) in [4.78, 5) is 14.7. The van der Waals surface area contributed by atoms with E-state index in [0.29, 0.717) is 28.1 Å². The number of nitrogens with zero attached hydrogens (tertiary/aromatic N) is 4. The maximum absolute atomic E-state index is 13.2. The fraction of sp³-hybridized carbons (Fsp3) is 0.250. The molecule has 0 bridgehead atoms. The Kier molecular flexibility index (Phi) is 4.23. The Labute approximate surface area is 120 Å². The molecule has 1 aromatic heterocycles. The number of thioether (sulfide) groups is 1. The van der Waals surface area contributed by atoms with Gasteiger partial charge in [0.25, 0.3) is 0 Å². The van der Waals surface area contributed by atoms with Crippen molar-refractivity contribution in [1.82, 2.24) is 15.0 Å². The number of hydrogen-bond acceptors (Lipinski definition) is 7. The van der Waals surface area contributed by atoms with Crippen LogP contribution in [-0.2, 0) is 5.75 Å². The van der Waals surface area contributed by atoms with E-state index in [-0.39, 0.29) is 11.8 Å². The monoisotopic (exact) mass is 294 g/mol. The second-order valence-electron chi connectivity index (χ2n) is 4.28. The smallest absolute Gasteiger partial charge is 0.229 e. The summed E-state index contributed by atoms with van der Waals surface area (Å²) in [6, 6.07) is 4.24. The quantitative estimate of drug-likeness (QED) is 0.652. The molecule has 0 fully saturated rings. The Hall–Kier alpha value is -2.09. The third-order valence-corrected chi connectivity index (χ3v) is 3.49. The van der Waals surface area contributed by atoms with Gasteiger partial charge in [0.2, 0.25) is 11.9 Å². The van der Waals surface area contributed by atoms with Crippen molar-refractivity contribution in [2.45, 2.75) is 10.6 Å². The van der Waals surface area contributed by atoms with Crippen LogP contribution >= 0.6 is 11.8 Å². The van der Waals surface area contributed by atoms with Gasteiger partial charge in [-0.3, -0.25) is 0 Å². The van der Waals surface area contributed by atoms with Gasteiger partial charge in [0, 0.05) is 24.7 Å². The number of nitrogen functional groups attached to an aromatic ring is 2. The van der Waals surface area contributed by atoms with Gasteiger partial charge < -0.3 is 16.4 Å². The topological polar surface area (TPSA) is 94.0 Å². The van der Waals surface area contributed by atoms with E-state index in [2.05, 4.69) is 15.0 Å². The van der Waals surface area contributed by atoms with Crippen LogP contribution in [0.15, 0.2) is 23.1 Å². The second-order valence-corrected chi connectivity index (χ2v) is 5.29. The third kappa shape index (κ3) is 3.47. The van der Waals surface area contributed by atoms with Crippen molar-refractivity contribution in [2.24, 2.45) is 0 Å². The van der Waals surface area contributed by atoms with E-state index in [9.17, 15) is 4.39 Å². The normalized spacial score (nSPS) is 10.6. The average molecular weight is 294 g/mol. The van der Waals surface area contributed by atoms with E-state index in [1.54, 1.807) is 4.90 Å². The van der Waals surface area contributed by atoms with Crippen LogP contribution < -0.4 is 16.4 Å². The molecule has 2 rings (SSSR count). The van der Waals surface area contributed by atoms with E-state index in [1.807, 2.05) is 14.1 Å². The van der Waals surface area contributed by atoms with Crippen LogP contribution in [-0.4, -0.2) is 29.0 Å². The third-order valence-electron chi connectivity index (χ3n) is 2.42. The minimum Gasteiger partial charge on any atom is -0.398 e. The van der Waals surface area contributed by atoms with Gasteiger partial charge in [-0.1, -0.05) is 0 Å². The standard InChI is InChI=1S/C12H15FN6S/c1-19(2)12-17-10(16-11(15)18-12)6-20-9-5-7(13)3-4-8(9)14/h3-5H,6,14H2,1-2H3,(H2,15,16,17,18). The van der Waals surface area contributed by atoms with E-state index >= 15 is 0 Å². The highest BCUT2D eigenvalue weighted by Gasteiger charge is 2.08. The van der Waals surface area contributed by atoms with Gasteiger partial charge in [-0.25, -0.2) is 4.39 Å². The molecule has 0 spiro atoms. The Morgan fingerprint density at radius 1 is 1.20 bits per heavy atom. The molecule has 6 nitrogen and oxygen atoms in total. The van der Waals surface area contributed by atoms with Gasteiger partial charge in [0.15, 0.2) is 0 Å². The Morgan fingerprint density at radius 3 is 2.65 bits per heavy atom. The van der Waals surface area contributed by atoms with E-state index in [1.165, 1.54) is 30.0 Å². The maximum Gasteiger partial charge on any atom is 0.229 e. The molecule has 1 aromatic carbocycles. The molecule has 8 heteroatoms. The summed E-state index contributed by atoms with van der Waals surface area (Å²) < 4.78 is 13.2. The number of nitrogens with two attached hydrogens (primary N) is 2. The fourth-order valence-electron chi connectivity index (χ4n) is 1.47. The zero-order chi connectivity index (χ0) is 14.7. The molecule has 0 saturated heterocycles. The first-order chi connectivity index (χ1) is 9.45. The molecule has 20 heavy (non-hydrogen) atoms. The van der Waals surface area contributed by atoms with E-state index in [0.717, 1.165) is 0 Å². The molecule has 106 valence electrons. The summed E-state index contributed by atoms with van der Waals surface area (Å²) >= 11 is 1.35. The Bertz CT molecular complexity index is 619. The van der Waals surface area contributed by atoms with E-state index < -0.39 is 0 Å². The molecule has 4 N–H and O–H groups in total. The first-order valence-corrected chi connectivity index (χ1v) is 6.80. The number of aromatic nitrogens is 3. The van der Waals surface area contributed by atoms with Crippen LogP contribution in [0.3, 0.4) is 0 Å². The number of anilines is 3. The molecule has 0 saturated carbocycles. The van der Waals surface area contributed by atoms with Gasteiger partial charge in [-0.05, 0) is 18.2 Å². The lowest BCUT2D eigenvalue weighted by atomic mass is 10.3. The molecule has 0 atom stereocenters. The molecular weight excluding hydrogens is 279 g/mol. The van der Waals surface area contributed by atoms with Gasteiger partial charge >= 0.3 is 0 Å². The summed E-state index contributed by atoms with van der Waals surface area (Å²) in [5.74, 6) is 1.27. The summed E-state index contributed by atoms with van der Waals surface area (Å²) in [5, 5.41) is 0. The minimum atomic E-state index is -0.328. The van der Waals surface area contributed by atoms with Crippen LogP contribution in [0.5, 0.6) is 0 Å². The Balaban J connectivity index is 2.16. The Morgan fingerprint density at radius 2 is 1.95 bits per heavy atom. The average Bonchev–Trinajstić information content (AvgIpc) is 2.39. The lowest BCUT2D eigenvalue weighted by molar-refractivity contribution is 0.624. The second kappa shape index (κ2) is 5.91. The van der Waals surface area contributed by atoms with Crippen molar-refractivity contribution in [1.29, 1.82) is 0 Å². The maximum atomic E-state index is 13.2. The van der Waals surface area contributed by atoms with Crippen molar-refractivity contribution in [3.63, 3.8) is 0 Å². The van der Waals surface area contributed by atoms with Crippen molar-refractivity contribution < 1.29 is 4.39 Å². The summed E-state index contributed by atoms with van der Waals surface area (Å²) in [5.41, 5.74) is 11.9. The van der Waals surface area contributed by atoms with Crippen molar-refractivity contribution in [3.05, 3.63) is 29.8 Å². The van der Waals surface area contributed by atoms with Gasteiger partial charge in [-0.2, -0.15) is 15.0 Å². The van der Waals surface area contributed by atoms with Crippen LogP contribution in [0.1, 0.15) is 5.82 Å². The lowest BCUT2D eigenvalue weighted by Crippen LogP contribution is -2.15. The number of rotatable bonds is 4. The van der Waals surface area contributed by atoms with E-state index in [4.69, 9.17) is 11.5 Å². The molecular formula is C12H15FN6S. The lowest BCUT2D eigenvalue weighted by Gasteiger charge is -2.11. The summed E-state index contributed by atoms with van der Waals surface area (Å²) in [6.45, 7) is 0. The number of halogens is 1. The molecule has 0 radical (unpaired) electrons. The molecule has 0 unspecified atom stereocenters. The molecule has 0 aliphatic rings. The highest BCUT2D eigenvalue weighted by atomic mass is 32.2. The predicted molar refractivity (Wildman–Crippen MR) is 78.9 cm³/mol. The summed E-state index contributed by atoms with van der Waals surface area (Å²) in [6.07, 6.45) is 0. The number of hydrogen-bond donors (Lipinski definition) is 2. The summed E-state index contributed by atoms with van der Waals surface area (Å²) in [7, 11) is 3.63. The van der Waals surface area contributed by atoms with Crippen LogP contribution in [0.4, 0.5) is 22.0 Å². The molecule has 0 aliphatic carbocycles. The number of benzene rings is 1. The first-order valence-electron chi connectivity index (χ1n) is 5.81. The van der Waals surface area contributed by atoms with Crippen LogP contribution in [0.2, 0.25) is 0 Å². The van der Waals surface area contributed by atoms with Crippen molar-refractivity contribution in [2.75, 3.05) is 30.5 Å². The van der Waals surface area contributed by atoms with Crippen molar-refractivity contribution in [3.8, 4) is 0 Å². The molecule has 2 aromatic rings. The largest absolute Gasteiger partial charge is 0.398 e. The van der Waals surface area contributed by atoms with Gasteiger partial charge in [-0.15, -0.1) is 11.8 Å². The SMILES string of the molecule is CN(C)c1nc(N)nc(CSc2cc(F)ccc2N)n1. The van der Waals surface area contributed by atoms with Gasteiger partial charge in [0.1, 0.15) is 11.6 Å². The van der Waals surface area contributed by atoms with Crippen LogP contribution in [0.25, 0.3) is 0 Å². The molecule has 0 aliphatic heterocycles. The minimum absolute atomic E-state index is 0.159. The van der Waals surface area contributed by atoms with Gasteiger partial charge in [0.05, 0.1) is 5.75 Å². The zero-order valence-corrected chi connectivity index (χ0v) is 12.0. The molecule has 0 amide bonds. The highest BCUT2D eigenvalue weighted by molar-refractivity contribution is 7.98. The van der Waals surface area contributed by atoms with Crippen molar-refractivity contribution >= 4 is 29.3 Å². The molecule has 1 heterocycles. The zero-order valence-electron chi connectivity index (χ0n) is 11.2. The fourth-order valence-corrected chi connectivity index (χ4v) is 2.31. The highest BCUT2D eigenvalue weighted by Crippen LogP contribution is 2.28. The first kappa shape index (κ1) is 14.3. The van der Waals surface area contributed by atoms with Crippen LogP contribution in [0, 0.1) is 5.82 Å².